The highest BCUT2D eigenvalue weighted by Crippen LogP contribution is 2.35. The number of nitrogens with two attached hydrogens (primary N) is 1. The van der Waals surface area contributed by atoms with E-state index in [9.17, 15) is 13.2 Å². The van der Waals surface area contributed by atoms with Gasteiger partial charge in [0.05, 0.1) is 5.56 Å². The average Bonchev–Trinajstić information content (AvgIpc) is 3.16. The average molecular weight is 408 g/mol. The molecule has 0 saturated carbocycles. The van der Waals surface area contributed by atoms with Gasteiger partial charge in [0.2, 0.25) is 5.95 Å². The first kappa shape index (κ1) is 21.2. The molecule has 2 aromatic rings. The minimum absolute atomic E-state index is 0.250. The monoisotopic (exact) mass is 408 g/mol. The van der Waals surface area contributed by atoms with Gasteiger partial charge in [-0.05, 0) is 44.5 Å². The molecular weight excluding hydrogens is 381 g/mol. The summed E-state index contributed by atoms with van der Waals surface area (Å²) >= 11 is 0. The Kier molecular flexibility index (Phi) is 6.46. The summed E-state index contributed by atoms with van der Waals surface area (Å²) in [5.41, 5.74) is 5.43. The molecule has 29 heavy (non-hydrogen) atoms. The molecule has 1 atom stereocenters. The van der Waals surface area contributed by atoms with Crippen LogP contribution in [0.5, 0.6) is 0 Å². The maximum Gasteiger partial charge on any atom is 0.418 e. The number of likely N-dealkylation sites (N-methyl/N-ethyl adjacent to an activating group) is 1. The van der Waals surface area contributed by atoms with Crippen LogP contribution in [0.1, 0.15) is 37.4 Å². The molecule has 158 valence electrons. The number of hydrogen-bond acceptors (Lipinski definition) is 6. The standard InChI is InChI=1S/C20H27F3N6/c1-3-4-5-13-11-18(29-9-8-15(12-29)25-2)28-19(26-13)27-14-6-7-17(24)16(10-14)20(21,22)23/h6-7,10-11,15,25H,3-5,8-9,12,24H2,1-2H3,(H,26,27,28). The second-order valence-electron chi connectivity index (χ2n) is 7.29. The summed E-state index contributed by atoms with van der Waals surface area (Å²) in [5.74, 6) is 1.08. The van der Waals surface area contributed by atoms with E-state index in [4.69, 9.17) is 5.73 Å². The van der Waals surface area contributed by atoms with Crippen molar-refractivity contribution in [1.82, 2.24) is 15.3 Å². The van der Waals surface area contributed by atoms with Gasteiger partial charge in [-0.1, -0.05) is 13.3 Å². The smallest absolute Gasteiger partial charge is 0.398 e. The lowest BCUT2D eigenvalue weighted by Crippen LogP contribution is -2.30. The summed E-state index contributed by atoms with van der Waals surface area (Å²) < 4.78 is 39.5. The lowest BCUT2D eigenvalue weighted by atomic mass is 10.1. The van der Waals surface area contributed by atoms with Gasteiger partial charge < -0.3 is 21.3 Å². The summed E-state index contributed by atoms with van der Waals surface area (Å²) in [7, 11) is 1.94. The fourth-order valence-electron chi connectivity index (χ4n) is 3.40. The molecule has 6 nitrogen and oxygen atoms in total. The minimum Gasteiger partial charge on any atom is -0.398 e. The van der Waals surface area contributed by atoms with Crippen molar-refractivity contribution in [2.45, 2.75) is 44.8 Å². The van der Waals surface area contributed by atoms with Crippen molar-refractivity contribution in [3.05, 3.63) is 35.5 Å². The van der Waals surface area contributed by atoms with Crippen molar-refractivity contribution in [3.63, 3.8) is 0 Å². The maximum absolute atomic E-state index is 13.2. The fourth-order valence-corrected chi connectivity index (χ4v) is 3.40. The van der Waals surface area contributed by atoms with Gasteiger partial charge >= 0.3 is 6.18 Å². The van der Waals surface area contributed by atoms with E-state index in [2.05, 4.69) is 32.4 Å². The molecule has 1 unspecified atom stereocenters. The van der Waals surface area contributed by atoms with Crippen molar-refractivity contribution < 1.29 is 13.2 Å². The largest absolute Gasteiger partial charge is 0.418 e. The molecule has 1 fully saturated rings. The van der Waals surface area contributed by atoms with Crippen molar-refractivity contribution in [1.29, 1.82) is 0 Å². The normalized spacial score (nSPS) is 17.0. The SMILES string of the molecule is CCCCc1cc(N2CCC(NC)C2)nc(Nc2ccc(N)c(C(F)(F)F)c2)n1. The number of nitrogen functional groups attached to an aromatic ring is 1. The minimum atomic E-state index is -4.52. The Balaban J connectivity index is 1.89. The molecule has 9 heteroatoms. The molecule has 0 amide bonds. The fraction of sp³-hybridized carbons (Fsp3) is 0.500. The highest BCUT2D eigenvalue weighted by Gasteiger charge is 2.33. The topological polar surface area (TPSA) is 79.1 Å². The molecule has 4 N–H and O–H groups in total. The molecule has 0 bridgehead atoms. The third kappa shape index (κ3) is 5.29. The first-order valence-electron chi connectivity index (χ1n) is 9.84. The third-order valence-corrected chi connectivity index (χ3v) is 5.09. The van der Waals surface area contributed by atoms with Gasteiger partial charge in [0, 0.05) is 42.3 Å². The number of hydrogen-bond donors (Lipinski definition) is 3. The van der Waals surface area contributed by atoms with Crippen LogP contribution >= 0.6 is 0 Å². The van der Waals surface area contributed by atoms with Crippen molar-refractivity contribution >= 4 is 23.1 Å². The third-order valence-electron chi connectivity index (χ3n) is 5.09. The Hall–Kier alpha value is -2.55. The van der Waals surface area contributed by atoms with Gasteiger partial charge in [0.15, 0.2) is 0 Å². The van der Waals surface area contributed by atoms with Crippen LogP contribution in [0.3, 0.4) is 0 Å². The predicted octanol–water partition coefficient (Wildman–Crippen LogP) is 3.96. The van der Waals surface area contributed by atoms with Crippen LogP contribution in [0.25, 0.3) is 0 Å². The van der Waals surface area contributed by atoms with Crippen LogP contribution < -0.4 is 21.3 Å². The van der Waals surface area contributed by atoms with Crippen molar-refractivity contribution in [3.8, 4) is 0 Å². The van der Waals surface area contributed by atoms with E-state index in [1.165, 1.54) is 12.1 Å². The molecule has 1 aliphatic rings. The number of halogens is 3. The van der Waals surface area contributed by atoms with E-state index in [1.807, 2.05) is 13.1 Å². The Morgan fingerprint density at radius 3 is 2.69 bits per heavy atom. The van der Waals surface area contributed by atoms with Crippen LogP contribution in [0, 0.1) is 0 Å². The molecular formula is C20H27F3N6. The summed E-state index contributed by atoms with van der Waals surface area (Å²) in [6.07, 6.45) is -0.704. The maximum atomic E-state index is 13.2. The highest BCUT2D eigenvalue weighted by molar-refractivity contribution is 5.63. The summed E-state index contributed by atoms with van der Waals surface area (Å²) in [4.78, 5) is 11.3. The number of anilines is 4. The van der Waals surface area contributed by atoms with Gasteiger partial charge in [-0.25, -0.2) is 4.98 Å². The lowest BCUT2D eigenvalue weighted by Gasteiger charge is -2.19. The Bertz CT molecular complexity index is 839. The van der Waals surface area contributed by atoms with Crippen molar-refractivity contribution in [2.24, 2.45) is 0 Å². The summed E-state index contributed by atoms with van der Waals surface area (Å²) in [6.45, 7) is 3.81. The second kappa shape index (κ2) is 8.86. The second-order valence-corrected chi connectivity index (χ2v) is 7.29. The van der Waals surface area contributed by atoms with E-state index >= 15 is 0 Å². The first-order chi connectivity index (χ1) is 13.8. The zero-order valence-corrected chi connectivity index (χ0v) is 16.7. The first-order valence-corrected chi connectivity index (χ1v) is 9.84. The van der Waals surface area contributed by atoms with E-state index in [-0.39, 0.29) is 11.4 Å². The number of unbranched alkanes of at least 4 members (excludes halogenated alkanes) is 1. The van der Waals surface area contributed by atoms with Gasteiger partial charge in [0.25, 0.3) is 0 Å². The molecule has 0 radical (unpaired) electrons. The van der Waals surface area contributed by atoms with E-state index in [0.29, 0.717) is 12.0 Å². The van der Waals surface area contributed by atoms with Crippen molar-refractivity contribution in [2.75, 3.05) is 36.1 Å². The molecule has 1 aromatic carbocycles. The molecule has 1 aromatic heterocycles. The molecule has 1 saturated heterocycles. The zero-order chi connectivity index (χ0) is 21.0. The number of benzene rings is 1. The number of alkyl halides is 3. The van der Waals surface area contributed by atoms with Crippen LogP contribution in [-0.4, -0.2) is 36.1 Å². The number of nitrogens with one attached hydrogen (secondary N) is 2. The highest BCUT2D eigenvalue weighted by atomic mass is 19.4. The van der Waals surface area contributed by atoms with E-state index in [0.717, 1.165) is 56.4 Å². The van der Waals surface area contributed by atoms with E-state index in [1.54, 1.807) is 0 Å². The molecule has 0 spiro atoms. The predicted molar refractivity (Wildman–Crippen MR) is 109 cm³/mol. The molecule has 3 rings (SSSR count). The number of aryl methyl sites for hydroxylation is 1. The van der Waals surface area contributed by atoms with Gasteiger partial charge in [-0.15, -0.1) is 0 Å². The Morgan fingerprint density at radius 1 is 1.24 bits per heavy atom. The van der Waals surface area contributed by atoms with Crippen LogP contribution in [-0.2, 0) is 12.6 Å². The zero-order valence-electron chi connectivity index (χ0n) is 16.7. The number of rotatable bonds is 7. The van der Waals surface area contributed by atoms with Crippen LogP contribution in [0.4, 0.5) is 36.3 Å². The Morgan fingerprint density at radius 2 is 2.03 bits per heavy atom. The van der Waals surface area contributed by atoms with Crippen LogP contribution in [0.15, 0.2) is 24.3 Å². The quantitative estimate of drug-likeness (QED) is 0.602. The lowest BCUT2D eigenvalue weighted by molar-refractivity contribution is -0.136. The van der Waals surface area contributed by atoms with Gasteiger partial charge in [-0.3, -0.25) is 0 Å². The molecule has 0 aliphatic carbocycles. The number of nitrogens with zero attached hydrogens (tertiary/aromatic N) is 3. The van der Waals surface area contributed by atoms with E-state index < -0.39 is 11.7 Å². The van der Waals surface area contributed by atoms with Gasteiger partial charge in [0.1, 0.15) is 5.82 Å². The Labute approximate surface area is 168 Å². The molecule has 1 aliphatic heterocycles. The number of aromatic nitrogens is 2. The van der Waals surface area contributed by atoms with Crippen LogP contribution in [0.2, 0.25) is 0 Å². The summed E-state index contributed by atoms with van der Waals surface area (Å²) in [6, 6.07) is 6.10. The summed E-state index contributed by atoms with van der Waals surface area (Å²) in [5, 5.41) is 6.20. The molecule has 2 heterocycles. The van der Waals surface area contributed by atoms with Gasteiger partial charge in [-0.2, -0.15) is 18.2 Å².